The molecule has 0 atom stereocenters. The number of pyridine rings is 1. The number of aliphatic carboxylic acids is 1. The van der Waals surface area contributed by atoms with Gasteiger partial charge in [-0.15, -0.1) is 0 Å². The highest BCUT2D eigenvalue weighted by molar-refractivity contribution is 7.89. The summed E-state index contributed by atoms with van der Waals surface area (Å²) in [6, 6.07) is 10.5. The maximum atomic E-state index is 12.1. The van der Waals surface area contributed by atoms with Crippen LogP contribution in [0.1, 0.15) is 30.2 Å². The van der Waals surface area contributed by atoms with Crippen LogP contribution >= 0.6 is 0 Å². The first kappa shape index (κ1) is 19.1. The van der Waals surface area contributed by atoms with Crippen molar-refractivity contribution >= 4 is 27.0 Å². The minimum atomic E-state index is -3.83. The van der Waals surface area contributed by atoms with Gasteiger partial charge < -0.3 is 10.1 Å². The van der Waals surface area contributed by atoms with Crippen LogP contribution in [0.25, 0.3) is 11.0 Å². The van der Waals surface area contributed by atoms with Crippen LogP contribution in [0.15, 0.2) is 47.5 Å². The van der Waals surface area contributed by atoms with Gasteiger partial charge >= 0.3 is 5.97 Å². The zero-order valence-corrected chi connectivity index (χ0v) is 15.7. The first-order valence-electron chi connectivity index (χ1n) is 8.65. The number of rotatable bonds is 8. The molecule has 2 aromatic heterocycles. The van der Waals surface area contributed by atoms with Crippen molar-refractivity contribution in [3.8, 4) is 0 Å². The van der Waals surface area contributed by atoms with Crippen LogP contribution in [0.2, 0.25) is 0 Å². The Morgan fingerprint density at radius 1 is 1.22 bits per heavy atom. The van der Waals surface area contributed by atoms with Crippen molar-refractivity contribution in [3.05, 3.63) is 59.4 Å². The van der Waals surface area contributed by atoms with Crippen LogP contribution in [0.3, 0.4) is 0 Å². The maximum Gasteiger partial charge on any atom is 0.318 e. The fourth-order valence-electron chi connectivity index (χ4n) is 2.94. The molecule has 0 radical (unpaired) electrons. The normalized spacial score (nSPS) is 11.7. The molecule has 0 bridgehead atoms. The number of aromatic nitrogens is 2. The molecule has 1 aromatic carbocycles. The zero-order chi connectivity index (χ0) is 19.4. The van der Waals surface area contributed by atoms with E-state index in [4.69, 9.17) is 5.11 Å². The van der Waals surface area contributed by atoms with Crippen molar-refractivity contribution in [1.29, 1.82) is 0 Å². The molecule has 0 amide bonds. The number of benzene rings is 1. The molecule has 0 aliphatic heterocycles. The first-order valence-corrected chi connectivity index (χ1v) is 10.1. The van der Waals surface area contributed by atoms with E-state index in [1.807, 2.05) is 10.8 Å². The Balaban J connectivity index is 1.81. The van der Waals surface area contributed by atoms with Gasteiger partial charge in [-0.1, -0.05) is 25.5 Å². The van der Waals surface area contributed by atoms with Gasteiger partial charge in [-0.3, -0.25) is 4.79 Å². The number of sulfonamides is 1. The van der Waals surface area contributed by atoms with Crippen molar-refractivity contribution in [2.24, 2.45) is 0 Å². The Kier molecular flexibility index (Phi) is 5.57. The highest BCUT2D eigenvalue weighted by Gasteiger charge is 2.15. The number of hydrogen-bond acceptors (Lipinski definition) is 4. The fraction of sp³-hybridized carbons (Fsp3) is 0.263. The largest absolute Gasteiger partial charge is 0.480 e. The topological polar surface area (TPSA) is 112 Å². The smallest absolute Gasteiger partial charge is 0.318 e. The lowest BCUT2D eigenvalue weighted by Gasteiger charge is -2.07. The average molecular weight is 387 g/mol. The van der Waals surface area contributed by atoms with Crippen molar-refractivity contribution in [1.82, 2.24) is 14.7 Å². The summed E-state index contributed by atoms with van der Waals surface area (Å²) in [5.74, 6) is -1.23. The number of aryl methyl sites for hydroxylation is 1. The number of nitrogens with zero attached hydrogens (tertiary/aromatic N) is 1. The molecule has 7 nitrogen and oxygen atoms in total. The van der Waals surface area contributed by atoms with Gasteiger partial charge in [0.1, 0.15) is 12.2 Å². The Bertz CT molecular complexity index is 1060. The van der Waals surface area contributed by atoms with Gasteiger partial charge in [0.05, 0.1) is 4.90 Å². The second kappa shape index (κ2) is 7.89. The molecule has 3 rings (SSSR count). The molecule has 27 heavy (non-hydrogen) atoms. The molecule has 8 heteroatoms. The van der Waals surface area contributed by atoms with E-state index in [0.29, 0.717) is 6.42 Å². The molecular weight excluding hydrogens is 366 g/mol. The van der Waals surface area contributed by atoms with E-state index >= 15 is 0 Å². The van der Waals surface area contributed by atoms with Gasteiger partial charge in [-0.25, -0.2) is 13.4 Å². The highest BCUT2D eigenvalue weighted by atomic mass is 32.2. The highest BCUT2D eigenvalue weighted by Crippen LogP contribution is 2.22. The molecule has 142 valence electrons. The van der Waals surface area contributed by atoms with E-state index in [2.05, 4.69) is 23.0 Å². The maximum absolute atomic E-state index is 12.1. The SMILES string of the molecule is CCCc1cc2c(Cc3ccc(S(=O)(=O)NCC(=O)O)cc3)ccnc2[nH]1. The van der Waals surface area contributed by atoms with Crippen molar-refractivity contribution < 1.29 is 18.3 Å². The number of carbonyl (C=O) groups is 1. The van der Waals surface area contributed by atoms with Gasteiger partial charge in [0.25, 0.3) is 0 Å². The molecule has 0 saturated carbocycles. The Morgan fingerprint density at radius 2 is 1.96 bits per heavy atom. The van der Waals surface area contributed by atoms with Crippen LogP contribution < -0.4 is 4.72 Å². The molecule has 0 unspecified atom stereocenters. The van der Waals surface area contributed by atoms with E-state index in [9.17, 15) is 13.2 Å². The molecular formula is C19H21N3O4S. The lowest BCUT2D eigenvalue weighted by atomic mass is 10.0. The Morgan fingerprint density at radius 3 is 2.63 bits per heavy atom. The zero-order valence-electron chi connectivity index (χ0n) is 14.9. The number of aromatic amines is 1. The van der Waals surface area contributed by atoms with E-state index < -0.39 is 22.5 Å². The molecule has 2 heterocycles. The van der Waals surface area contributed by atoms with Gasteiger partial charge in [-0.2, -0.15) is 4.72 Å². The second-order valence-corrected chi connectivity index (χ2v) is 8.08. The third-order valence-electron chi connectivity index (χ3n) is 4.24. The average Bonchev–Trinajstić information content (AvgIpc) is 3.05. The summed E-state index contributed by atoms with van der Waals surface area (Å²) >= 11 is 0. The van der Waals surface area contributed by atoms with Crippen LogP contribution in [-0.2, 0) is 27.7 Å². The Hall–Kier alpha value is -2.71. The quantitative estimate of drug-likeness (QED) is 0.550. The summed E-state index contributed by atoms with van der Waals surface area (Å²) in [7, 11) is -3.83. The Labute approximate surface area is 157 Å². The second-order valence-electron chi connectivity index (χ2n) is 6.32. The van der Waals surface area contributed by atoms with Crippen LogP contribution in [-0.4, -0.2) is 36.0 Å². The fourth-order valence-corrected chi connectivity index (χ4v) is 3.92. The lowest BCUT2D eigenvalue weighted by molar-refractivity contribution is -0.135. The van der Waals surface area contributed by atoms with E-state index in [1.54, 1.807) is 18.3 Å². The number of hydrogen-bond donors (Lipinski definition) is 3. The summed E-state index contributed by atoms with van der Waals surface area (Å²) in [5.41, 5.74) is 4.07. The molecule has 0 aliphatic carbocycles. The number of carboxylic acids is 1. The molecule has 0 fully saturated rings. The van der Waals surface area contributed by atoms with Gasteiger partial charge in [0.15, 0.2) is 0 Å². The minimum Gasteiger partial charge on any atom is -0.480 e. The first-order chi connectivity index (χ1) is 12.9. The third kappa shape index (κ3) is 4.53. The van der Waals surface area contributed by atoms with Crippen molar-refractivity contribution in [2.75, 3.05) is 6.54 Å². The van der Waals surface area contributed by atoms with Gasteiger partial charge in [0.2, 0.25) is 10.0 Å². The van der Waals surface area contributed by atoms with E-state index in [-0.39, 0.29) is 4.90 Å². The molecule has 0 spiro atoms. The summed E-state index contributed by atoms with van der Waals surface area (Å²) < 4.78 is 26.2. The minimum absolute atomic E-state index is 0.0410. The molecule has 0 aliphatic rings. The summed E-state index contributed by atoms with van der Waals surface area (Å²) in [6.07, 6.45) is 4.42. The van der Waals surface area contributed by atoms with Crippen molar-refractivity contribution in [2.45, 2.75) is 31.1 Å². The molecule has 3 N–H and O–H groups in total. The van der Waals surface area contributed by atoms with Crippen molar-refractivity contribution in [3.63, 3.8) is 0 Å². The molecule has 3 aromatic rings. The number of carboxylic acid groups (broad SMARTS) is 1. The number of H-pyrrole nitrogens is 1. The standard InChI is InChI=1S/C19H21N3O4S/c1-2-3-15-11-17-14(8-9-20-19(17)22-15)10-13-4-6-16(7-5-13)27(25,26)21-12-18(23)24/h4-9,11,21H,2-3,10,12H2,1H3,(H,20,22)(H,23,24). The monoisotopic (exact) mass is 387 g/mol. The van der Waals surface area contributed by atoms with Crippen LogP contribution in [0.5, 0.6) is 0 Å². The summed E-state index contributed by atoms with van der Waals surface area (Å²) in [4.78, 5) is 18.3. The third-order valence-corrected chi connectivity index (χ3v) is 5.66. The van der Waals surface area contributed by atoms with Gasteiger partial charge in [0, 0.05) is 17.3 Å². The van der Waals surface area contributed by atoms with E-state index in [1.165, 1.54) is 12.1 Å². The summed E-state index contributed by atoms with van der Waals surface area (Å²) in [5, 5.41) is 9.69. The predicted octanol–water partition coefficient (Wildman–Crippen LogP) is 2.47. The van der Waals surface area contributed by atoms with Gasteiger partial charge in [-0.05, 0) is 48.2 Å². The lowest BCUT2D eigenvalue weighted by Crippen LogP contribution is -2.29. The number of nitrogens with one attached hydrogen (secondary N) is 2. The number of fused-ring (bicyclic) bond motifs is 1. The molecule has 0 saturated heterocycles. The van der Waals surface area contributed by atoms with Crippen LogP contribution in [0.4, 0.5) is 0 Å². The summed E-state index contributed by atoms with van der Waals surface area (Å²) in [6.45, 7) is 1.48. The van der Waals surface area contributed by atoms with Crippen LogP contribution in [0, 0.1) is 0 Å². The predicted molar refractivity (Wildman–Crippen MR) is 102 cm³/mol. The van der Waals surface area contributed by atoms with E-state index in [0.717, 1.165) is 40.7 Å².